The molecule has 3 rings (SSSR count). The van der Waals surface area contributed by atoms with E-state index >= 15 is 0 Å². The van der Waals surface area contributed by atoms with Crippen LogP contribution in [-0.2, 0) is 21.1 Å². The molecule has 0 aliphatic heterocycles. The second-order valence-corrected chi connectivity index (χ2v) is 9.74. The van der Waals surface area contributed by atoms with Crippen LogP contribution in [0.4, 0.5) is 6.01 Å². The quantitative estimate of drug-likeness (QED) is 0.810. The predicted octanol–water partition coefficient (Wildman–Crippen LogP) is 3.36. The Morgan fingerprint density at radius 3 is 2.44 bits per heavy atom. The van der Waals surface area contributed by atoms with Gasteiger partial charge in [-0.2, -0.15) is 0 Å². The van der Waals surface area contributed by atoms with Crippen molar-refractivity contribution >= 4 is 21.8 Å². The summed E-state index contributed by atoms with van der Waals surface area (Å²) in [6, 6.07) is 6.76. The summed E-state index contributed by atoms with van der Waals surface area (Å²) in [4.78, 5) is 12.5. The highest BCUT2D eigenvalue weighted by molar-refractivity contribution is 7.92. The van der Waals surface area contributed by atoms with Crippen LogP contribution in [0.15, 0.2) is 33.6 Å². The molecule has 146 valence electrons. The third-order valence-electron chi connectivity index (χ3n) is 4.90. The van der Waals surface area contributed by atoms with E-state index in [0.29, 0.717) is 17.2 Å². The van der Waals surface area contributed by atoms with Gasteiger partial charge < -0.3 is 4.42 Å². The lowest BCUT2D eigenvalue weighted by Gasteiger charge is -2.19. The summed E-state index contributed by atoms with van der Waals surface area (Å²) in [5.41, 5.74) is 0.853. The van der Waals surface area contributed by atoms with Crippen LogP contribution in [0.5, 0.6) is 0 Å². The fraction of sp³-hybridized carbons (Fsp3) is 0.526. The molecule has 27 heavy (non-hydrogen) atoms. The molecular formula is C19H25N3O4S. The SMILES string of the molecule is CC(C)S(=O)(=O)c1ccc(Cc2nnc(NC(=O)C3CCCCC3)o2)cc1. The highest BCUT2D eigenvalue weighted by Crippen LogP contribution is 2.25. The average Bonchev–Trinajstić information content (AvgIpc) is 3.09. The number of anilines is 1. The third kappa shape index (κ3) is 4.74. The van der Waals surface area contributed by atoms with Crippen LogP contribution < -0.4 is 5.32 Å². The number of carbonyl (C=O) groups is 1. The van der Waals surface area contributed by atoms with Crippen molar-refractivity contribution in [3.8, 4) is 0 Å². The van der Waals surface area contributed by atoms with E-state index in [-0.39, 0.29) is 17.8 Å². The minimum absolute atomic E-state index is 0.0181. The monoisotopic (exact) mass is 391 g/mol. The maximum Gasteiger partial charge on any atom is 0.322 e. The predicted molar refractivity (Wildman–Crippen MR) is 101 cm³/mol. The molecule has 8 heteroatoms. The average molecular weight is 391 g/mol. The number of benzene rings is 1. The lowest BCUT2D eigenvalue weighted by Crippen LogP contribution is -2.24. The zero-order valence-corrected chi connectivity index (χ0v) is 16.5. The molecular weight excluding hydrogens is 366 g/mol. The van der Waals surface area contributed by atoms with Gasteiger partial charge in [-0.15, -0.1) is 5.10 Å². The molecule has 2 aromatic rings. The molecule has 0 atom stereocenters. The highest BCUT2D eigenvalue weighted by Gasteiger charge is 2.23. The second kappa shape index (κ2) is 8.21. The van der Waals surface area contributed by atoms with Gasteiger partial charge in [0.05, 0.1) is 16.6 Å². The summed E-state index contributed by atoms with van der Waals surface area (Å²) in [5.74, 6) is 0.325. The number of nitrogens with one attached hydrogen (secondary N) is 1. The highest BCUT2D eigenvalue weighted by atomic mass is 32.2. The standard InChI is InChI=1S/C19H25N3O4S/c1-13(2)27(24,25)16-10-8-14(9-11-16)12-17-21-22-19(26-17)20-18(23)15-6-4-3-5-7-15/h8-11,13,15H,3-7,12H2,1-2H3,(H,20,22,23). The van der Waals surface area contributed by atoms with E-state index < -0.39 is 15.1 Å². The molecule has 0 unspecified atom stereocenters. The number of rotatable bonds is 6. The Balaban J connectivity index is 1.61. The van der Waals surface area contributed by atoms with Crippen molar-refractivity contribution in [3.05, 3.63) is 35.7 Å². The zero-order chi connectivity index (χ0) is 19.4. The van der Waals surface area contributed by atoms with Crippen LogP contribution in [0, 0.1) is 5.92 Å². The first-order valence-electron chi connectivity index (χ1n) is 9.32. The Morgan fingerprint density at radius 2 is 1.81 bits per heavy atom. The lowest BCUT2D eigenvalue weighted by atomic mass is 9.89. The van der Waals surface area contributed by atoms with Crippen molar-refractivity contribution in [2.45, 2.75) is 62.5 Å². The van der Waals surface area contributed by atoms with Gasteiger partial charge in [-0.25, -0.2) is 8.42 Å². The summed E-state index contributed by atoms with van der Waals surface area (Å²) >= 11 is 0. The van der Waals surface area contributed by atoms with Gasteiger partial charge in [0.2, 0.25) is 11.8 Å². The van der Waals surface area contributed by atoms with Gasteiger partial charge in [0.25, 0.3) is 0 Å². The summed E-state index contributed by atoms with van der Waals surface area (Å²) in [6.07, 6.45) is 5.52. The molecule has 0 bridgehead atoms. The Bertz CT molecular complexity index is 882. The van der Waals surface area contributed by atoms with Crippen LogP contribution in [0.2, 0.25) is 0 Å². The molecule has 0 spiro atoms. The number of sulfone groups is 1. The second-order valence-electron chi connectivity index (χ2n) is 7.24. The smallest absolute Gasteiger partial charge is 0.322 e. The van der Waals surface area contributed by atoms with Gasteiger partial charge in [-0.1, -0.05) is 36.5 Å². The van der Waals surface area contributed by atoms with E-state index in [4.69, 9.17) is 4.42 Å². The van der Waals surface area contributed by atoms with Gasteiger partial charge in [-0.05, 0) is 44.4 Å². The van der Waals surface area contributed by atoms with Crippen LogP contribution in [-0.4, -0.2) is 29.8 Å². The first-order chi connectivity index (χ1) is 12.9. The fourth-order valence-electron chi connectivity index (χ4n) is 3.19. The topological polar surface area (TPSA) is 102 Å². The Hall–Kier alpha value is -2.22. The van der Waals surface area contributed by atoms with Crippen LogP contribution in [0.3, 0.4) is 0 Å². The lowest BCUT2D eigenvalue weighted by molar-refractivity contribution is -0.120. The maximum absolute atomic E-state index is 12.2. The summed E-state index contributed by atoms with van der Waals surface area (Å²) in [7, 11) is -3.29. The van der Waals surface area contributed by atoms with Crippen molar-refractivity contribution in [1.82, 2.24) is 10.2 Å². The number of nitrogens with zero attached hydrogens (tertiary/aromatic N) is 2. The van der Waals surface area contributed by atoms with Crippen molar-refractivity contribution in [1.29, 1.82) is 0 Å². The zero-order valence-electron chi connectivity index (χ0n) is 15.6. The Kier molecular flexibility index (Phi) is 5.94. The molecule has 1 fully saturated rings. The van der Waals surface area contributed by atoms with Gasteiger partial charge in [0, 0.05) is 5.92 Å². The van der Waals surface area contributed by atoms with E-state index in [1.807, 2.05) is 0 Å². The van der Waals surface area contributed by atoms with E-state index in [0.717, 1.165) is 31.2 Å². The number of aromatic nitrogens is 2. The molecule has 1 aliphatic carbocycles. The Morgan fingerprint density at radius 1 is 1.15 bits per heavy atom. The Labute approximate surface area is 159 Å². The fourth-order valence-corrected chi connectivity index (χ4v) is 4.25. The summed E-state index contributed by atoms with van der Waals surface area (Å²) < 4.78 is 29.8. The number of carbonyl (C=O) groups excluding carboxylic acids is 1. The van der Waals surface area contributed by atoms with Crippen LogP contribution in [0.1, 0.15) is 57.4 Å². The molecule has 1 aliphatic rings. The number of hydrogen-bond donors (Lipinski definition) is 1. The van der Waals surface area contributed by atoms with Gasteiger partial charge in [0.1, 0.15) is 0 Å². The number of amides is 1. The van der Waals surface area contributed by atoms with E-state index in [9.17, 15) is 13.2 Å². The molecule has 1 saturated carbocycles. The van der Waals surface area contributed by atoms with Crippen LogP contribution >= 0.6 is 0 Å². The van der Waals surface area contributed by atoms with Crippen molar-refractivity contribution in [2.75, 3.05) is 5.32 Å². The van der Waals surface area contributed by atoms with Gasteiger partial charge in [0.15, 0.2) is 9.84 Å². The number of hydrogen-bond acceptors (Lipinski definition) is 6. The molecule has 0 saturated heterocycles. The molecule has 1 amide bonds. The first-order valence-corrected chi connectivity index (χ1v) is 10.9. The molecule has 1 aromatic carbocycles. The third-order valence-corrected chi connectivity index (χ3v) is 7.07. The molecule has 0 radical (unpaired) electrons. The van der Waals surface area contributed by atoms with Crippen molar-refractivity contribution in [2.24, 2.45) is 5.92 Å². The van der Waals surface area contributed by atoms with Crippen LogP contribution in [0.25, 0.3) is 0 Å². The van der Waals surface area contributed by atoms with E-state index in [1.54, 1.807) is 38.1 Å². The van der Waals surface area contributed by atoms with Gasteiger partial charge >= 0.3 is 6.01 Å². The minimum Gasteiger partial charge on any atom is -0.407 e. The maximum atomic E-state index is 12.2. The largest absolute Gasteiger partial charge is 0.407 e. The van der Waals surface area contributed by atoms with E-state index in [2.05, 4.69) is 15.5 Å². The molecule has 1 N–H and O–H groups in total. The van der Waals surface area contributed by atoms with Crippen molar-refractivity contribution < 1.29 is 17.6 Å². The van der Waals surface area contributed by atoms with Crippen molar-refractivity contribution in [3.63, 3.8) is 0 Å². The molecule has 7 nitrogen and oxygen atoms in total. The summed E-state index contributed by atoms with van der Waals surface area (Å²) in [5, 5.41) is 10.1. The first kappa shape index (κ1) is 19.5. The normalized spacial score (nSPS) is 15.8. The van der Waals surface area contributed by atoms with E-state index in [1.165, 1.54) is 6.42 Å². The minimum atomic E-state index is -3.29. The molecule has 1 heterocycles. The summed E-state index contributed by atoms with van der Waals surface area (Å²) in [6.45, 7) is 3.32. The molecule has 1 aromatic heterocycles. The van der Waals surface area contributed by atoms with Gasteiger partial charge in [-0.3, -0.25) is 10.1 Å².